The second kappa shape index (κ2) is 5.54. The van der Waals surface area contributed by atoms with Gasteiger partial charge in [0.05, 0.1) is 6.61 Å². The van der Waals surface area contributed by atoms with Crippen LogP contribution in [0, 0.1) is 3.57 Å². The van der Waals surface area contributed by atoms with E-state index in [9.17, 15) is 0 Å². The van der Waals surface area contributed by atoms with Crippen LogP contribution in [-0.4, -0.2) is 13.2 Å². The zero-order chi connectivity index (χ0) is 8.81. The van der Waals surface area contributed by atoms with E-state index in [1.807, 2.05) is 6.92 Å². The fourth-order valence-corrected chi connectivity index (χ4v) is 1.35. The molecule has 0 fully saturated rings. The highest BCUT2D eigenvalue weighted by molar-refractivity contribution is 14.1. The molecule has 0 aromatic heterocycles. The predicted molar refractivity (Wildman–Crippen MR) is 59.4 cm³/mol. The van der Waals surface area contributed by atoms with Crippen LogP contribution in [0.3, 0.4) is 0 Å². The lowest BCUT2D eigenvalue weighted by Crippen LogP contribution is -1.97. The first kappa shape index (κ1) is 9.99. The minimum absolute atomic E-state index is 0.810. The number of hydrogen-bond acceptors (Lipinski definition) is 1. The van der Waals surface area contributed by atoms with Crippen molar-refractivity contribution >= 4 is 22.6 Å². The van der Waals surface area contributed by atoms with E-state index in [0.717, 1.165) is 19.6 Å². The minimum Gasteiger partial charge on any atom is -0.381 e. The summed E-state index contributed by atoms with van der Waals surface area (Å²) >= 11 is 2.31. The third-order valence-electron chi connectivity index (χ3n) is 1.65. The second-order valence-electron chi connectivity index (χ2n) is 2.57. The fraction of sp³-hybridized carbons (Fsp3) is 0.400. The predicted octanol–water partition coefficient (Wildman–Crippen LogP) is 2.87. The smallest absolute Gasteiger partial charge is 0.0506 e. The molecule has 2 heteroatoms. The van der Waals surface area contributed by atoms with Crippen LogP contribution in [-0.2, 0) is 11.2 Å². The zero-order valence-corrected chi connectivity index (χ0v) is 9.37. The molecule has 0 bridgehead atoms. The summed E-state index contributed by atoms with van der Waals surface area (Å²) in [6, 6.07) is 8.56. The summed E-state index contributed by atoms with van der Waals surface area (Å²) in [6.45, 7) is 3.66. The van der Waals surface area contributed by atoms with Gasteiger partial charge in [-0.25, -0.2) is 0 Å². The lowest BCUT2D eigenvalue weighted by atomic mass is 10.2. The normalized spacial score (nSPS) is 10.2. The average Bonchev–Trinajstić information content (AvgIpc) is 2.09. The van der Waals surface area contributed by atoms with Gasteiger partial charge in [0, 0.05) is 10.2 Å². The Bertz CT molecular complexity index is 218. The quantitative estimate of drug-likeness (QED) is 0.607. The first-order valence-electron chi connectivity index (χ1n) is 4.15. The summed E-state index contributed by atoms with van der Waals surface area (Å²) in [5.74, 6) is 0. The molecular weight excluding hydrogens is 263 g/mol. The van der Waals surface area contributed by atoms with Crippen LogP contribution >= 0.6 is 22.6 Å². The van der Waals surface area contributed by atoms with Gasteiger partial charge in [-0.1, -0.05) is 12.1 Å². The molecule has 1 rings (SSSR count). The molecule has 0 aliphatic carbocycles. The van der Waals surface area contributed by atoms with Crippen molar-refractivity contribution < 1.29 is 4.74 Å². The van der Waals surface area contributed by atoms with Crippen molar-refractivity contribution in [3.05, 3.63) is 33.4 Å². The van der Waals surface area contributed by atoms with Crippen molar-refractivity contribution in [2.45, 2.75) is 13.3 Å². The Morgan fingerprint density at radius 3 is 2.50 bits per heavy atom. The SMILES string of the molecule is CCOCCc1ccc(I)cc1. The molecule has 0 heterocycles. The topological polar surface area (TPSA) is 9.23 Å². The third-order valence-corrected chi connectivity index (χ3v) is 2.37. The van der Waals surface area contributed by atoms with Crippen molar-refractivity contribution in [1.29, 1.82) is 0 Å². The van der Waals surface area contributed by atoms with Crippen LogP contribution in [0.4, 0.5) is 0 Å². The molecule has 0 saturated carbocycles. The largest absolute Gasteiger partial charge is 0.381 e. The van der Waals surface area contributed by atoms with Gasteiger partial charge in [0.25, 0.3) is 0 Å². The molecule has 0 aliphatic rings. The van der Waals surface area contributed by atoms with E-state index in [-0.39, 0.29) is 0 Å². The zero-order valence-electron chi connectivity index (χ0n) is 7.22. The maximum Gasteiger partial charge on any atom is 0.0506 e. The van der Waals surface area contributed by atoms with E-state index in [1.165, 1.54) is 9.13 Å². The third kappa shape index (κ3) is 3.54. The van der Waals surface area contributed by atoms with Gasteiger partial charge in [0.15, 0.2) is 0 Å². The molecular formula is C10H13IO. The second-order valence-corrected chi connectivity index (χ2v) is 3.82. The lowest BCUT2D eigenvalue weighted by molar-refractivity contribution is 0.151. The maximum absolute atomic E-state index is 5.27. The van der Waals surface area contributed by atoms with Crippen LogP contribution in [0.25, 0.3) is 0 Å². The molecule has 0 amide bonds. The van der Waals surface area contributed by atoms with Crippen molar-refractivity contribution in [3.63, 3.8) is 0 Å². The number of benzene rings is 1. The molecule has 0 N–H and O–H groups in total. The Morgan fingerprint density at radius 2 is 1.92 bits per heavy atom. The van der Waals surface area contributed by atoms with Gasteiger partial charge in [-0.15, -0.1) is 0 Å². The molecule has 0 aliphatic heterocycles. The first-order valence-corrected chi connectivity index (χ1v) is 5.23. The molecule has 0 atom stereocenters. The number of ether oxygens (including phenoxy) is 1. The van der Waals surface area contributed by atoms with Crippen molar-refractivity contribution in [2.75, 3.05) is 13.2 Å². The van der Waals surface area contributed by atoms with Gasteiger partial charge in [0.2, 0.25) is 0 Å². The van der Waals surface area contributed by atoms with Gasteiger partial charge in [-0.05, 0) is 53.6 Å². The molecule has 1 aromatic rings. The Labute approximate surface area is 87.3 Å². The van der Waals surface area contributed by atoms with E-state index in [4.69, 9.17) is 4.74 Å². The summed E-state index contributed by atoms with van der Waals surface area (Å²) in [5, 5.41) is 0. The number of halogens is 1. The molecule has 0 spiro atoms. The van der Waals surface area contributed by atoms with E-state index in [2.05, 4.69) is 46.9 Å². The average molecular weight is 276 g/mol. The maximum atomic E-state index is 5.27. The van der Waals surface area contributed by atoms with Crippen molar-refractivity contribution in [2.24, 2.45) is 0 Å². The van der Waals surface area contributed by atoms with Crippen LogP contribution < -0.4 is 0 Å². The summed E-state index contributed by atoms with van der Waals surface area (Å²) in [7, 11) is 0. The summed E-state index contributed by atoms with van der Waals surface area (Å²) < 4.78 is 6.55. The van der Waals surface area contributed by atoms with Gasteiger partial charge in [-0.3, -0.25) is 0 Å². The Hall–Kier alpha value is -0.0900. The molecule has 66 valence electrons. The number of rotatable bonds is 4. The van der Waals surface area contributed by atoms with E-state index >= 15 is 0 Å². The Morgan fingerprint density at radius 1 is 1.25 bits per heavy atom. The monoisotopic (exact) mass is 276 g/mol. The molecule has 0 unspecified atom stereocenters. The molecule has 12 heavy (non-hydrogen) atoms. The first-order chi connectivity index (χ1) is 5.83. The lowest BCUT2D eigenvalue weighted by Gasteiger charge is -2.01. The van der Waals surface area contributed by atoms with Crippen molar-refractivity contribution in [1.82, 2.24) is 0 Å². The Balaban J connectivity index is 2.37. The van der Waals surface area contributed by atoms with Crippen molar-refractivity contribution in [3.8, 4) is 0 Å². The number of hydrogen-bond donors (Lipinski definition) is 0. The van der Waals surface area contributed by atoms with Crippen LogP contribution in [0.2, 0.25) is 0 Å². The van der Waals surface area contributed by atoms with Crippen LogP contribution in [0.5, 0.6) is 0 Å². The molecule has 1 nitrogen and oxygen atoms in total. The highest BCUT2D eigenvalue weighted by Gasteiger charge is 1.91. The van der Waals surface area contributed by atoms with E-state index in [1.54, 1.807) is 0 Å². The minimum atomic E-state index is 0.810. The highest BCUT2D eigenvalue weighted by Crippen LogP contribution is 2.07. The summed E-state index contributed by atoms with van der Waals surface area (Å²) in [4.78, 5) is 0. The van der Waals surface area contributed by atoms with Crippen LogP contribution in [0.15, 0.2) is 24.3 Å². The summed E-state index contributed by atoms with van der Waals surface area (Å²) in [5.41, 5.74) is 1.35. The van der Waals surface area contributed by atoms with Gasteiger partial charge < -0.3 is 4.74 Å². The Kier molecular flexibility index (Phi) is 4.61. The fourth-order valence-electron chi connectivity index (χ4n) is 0.985. The molecule has 0 radical (unpaired) electrons. The van der Waals surface area contributed by atoms with Gasteiger partial charge in [-0.2, -0.15) is 0 Å². The van der Waals surface area contributed by atoms with E-state index in [0.29, 0.717) is 0 Å². The molecule has 1 aromatic carbocycles. The summed E-state index contributed by atoms with van der Waals surface area (Å²) in [6.07, 6.45) is 1.02. The standard InChI is InChI=1S/C10H13IO/c1-2-12-8-7-9-3-5-10(11)6-4-9/h3-6H,2,7-8H2,1H3. The van der Waals surface area contributed by atoms with E-state index < -0.39 is 0 Å². The molecule has 0 saturated heterocycles. The van der Waals surface area contributed by atoms with Crippen LogP contribution in [0.1, 0.15) is 12.5 Å². The van der Waals surface area contributed by atoms with Gasteiger partial charge in [0.1, 0.15) is 0 Å². The van der Waals surface area contributed by atoms with Gasteiger partial charge >= 0.3 is 0 Å². The highest BCUT2D eigenvalue weighted by atomic mass is 127.